The number of morpholine rings is 1. The lowest BCUT2D eigenvalue weighted by molar-refractivity contribution is -0.123. The number of benzene rings is 2. The second-order valence-corrected chi connectivity index (χ2v) is 8.84. The van der Waals surface area contributed by atoms with Gasteiger partial charge in [-0.3, -0.25) is 14.5 Å². The van der Waals surface area contributed by atoms with Crippen LogP contribution in [0.1, 0.15) is 28.4 Å². The van der Waals surface area contributed by atoms with Crippen LogP contribution >= 0.6 is 11.8 Å². The summed E-state index contributed by atoms with van der Waals surface area (Å²) in [5, 5.41) is 6.01. The first kappa shape index (κ1) is 25.1. The summed E-state index contributed by atoms with van der Waals surface area (Å²) in [4.78, 5) is 28.1. The Bertz CT molecular complexity index is 873. The summed E-state index contributed by atoms with van der Waals surface area (Å²) in [6.07, 6.45) is 2.56. The Morgan fingerprint density at radius 3 is 2.42 bits per heavy atom. The largest absolute Gasteiger partial charge is 0.497 e. The van der Waals surface area contributed by atoms with Crippen molar-refractivity contribution in [3.8, 4) is 5.75 Å². The average molecular weight is 472 g/mol. The molecule has 0 aromatic heterocycles. The molecule has 1 fully saturated rings. The van der Waals surface area contributed by atoms with Crippen molar-refractivity contribution in [2.75, 3.05) is 52.0 Å². The summed E-state index contributed by atoms with van der Waals surface area (Å²) in [7, 11) is 1.65. The van der Waals surface area contributed by atoms with Gasteiger partial charge in [-0.05, 0) is 48.3 Å². The van der Waals surface area contributed by atoms with E-state index in [0.717, 1.165) is 30.2 Å². The number of methoxy groups -OCH3 is 1. The van der Waals surface area contributed by atoms with Gasteiger partial charge in [0.15, 0.2) is 0 Å². The number of rotatable bonds is 11. The zero-order valence-electron chi connectivity index (χ0n) is 19.3. The Morgan fingerprint density at radius 1 is 1.09 bits per heavy atom. The van der Waals surface area contributed by atoms with Gasteiger partial charge < -0.3 is 20.1 Å². The Labute approximate surface area is 200 Å². The van der Waals surface area contributed by atoms with E-state index in [4.69, 9.17) is 9.47 Å². The summed E-state index contributed by atoms with van der Waals surface area (Å²) < 4.78 is 10.8. The summed E-state index contributed by atoms with van der Waals surface area (Å²) in [5.74, 6) is 1.17. The third kappa shape index (κ3) is 7.48. The van der Waals surface area contributed by atoms with Crippen molar-refractivity contribution in [1.82, 2.24) is 15.5 Å². The van der Waals surface area contributed by atoms with E-state index in [1.54, 1.807) is 31.0 Å². The van der Waals surface area contributed by atoms with Crippen molar-refractivity contribution in [2.45, 2.75) is 18.5 Å². The topological polar surface area (TPSA) is 79.9 Å². The Kier molecular flexibility index (Phi) is 10.1. The highest BCUT2D eigenvalue weighted by Gasteiger charge is 2.26. The minimum Gasteiger partial charge on any atom is -0.497 e. The first-order valence-corrected chi connectivity index (χ1v) is 12.6. The number of nitrogens with one attached hydrogen (secondary N) is 2. The summed E-state index contributed by atoms with van der Waals surface area (Å²) >= 11 is 1.65. The predicted octanol–water partition coefficient (Wildman–Crippen LogP) is 2.74. The maximum atomic E-state index is 13.1. The smallest absolute Gasteiger partial charge is 0.251 e. The van der Waals surface area contributed by atoms with E-state index in [-0.39, 0.29) is 17.9 Å². The fourth-order valence-corrected chi connectivity index (χ4v) is 4.30. The second-order valence-electron chi connectivity index (χ2n) is 7.86. The van der Waals surface area contributed by atoms with E-state index in [9.17, 15) is 9.59 Å². The Hall–Kier alpha value is -2.55. The fourth-order valence-electron chi connectivity index (χ4n) is 3.83. The molecule has 8 heteroatoms. The minimum atomic E-state index is -0.591. The highest BCUT2D eigenvalue weighted by Crippen LogP contribution is 2.23. The number of amides is 2. The minimum absolute atomic E-state index is 0.00906. The number of hydrogen-bond acceptors (Lipinski definition) is 6. The van der Waals surface area contributed by atoms with Gasteiger partial charge in [0.25, 0.3) is 5.91 Å². The molecule has 2 atom stereocenters. The lowest BCUT2D eigenvalue weighted by atomic mass is 10.0. The molecule has 2 aromatic carbocycles. The van der Waals surface area contributed by atoms with Gasteiger partial charge in [-0.2, -0.15) is 11.8 Å². The average Bonchev–Trinajstić information content (AvgIpc) is 2.88. The first-order valence-electron chi connectivity index (χ1n) is 11.2. The van der Waals surface area contributed by atoms with Crippen molar-refractivity contribution < 1.29 is 19.1 Å². The molecule has 1 heterocycles. The van der Waals surface area contributed by atoms with Crippen molar-refractivity contribution in [2.24, 2.45) is 0 Å². The molecule has 0 aliphatic carbocycles. The SMILES string of the molecule is COc1ccc([C@@H](CNC(=O)[C@@H](CCSC)NC(=O)c2ccccc2)N2CCOCC2)cc1. The lowest BCUT2D eigenvalue weighted by Gasteiger charge is -2.35. The number of nitrogens with zero attached hydrogens (tertiary/aromatic N) is 1. The summed E-state index contributed by atoms with van der Waals surface area (Å²) in [6, 6.07) is 16.3. The van der Waals surface area contributed by atoms with Crippen LogP contribution in [0, 0.1) is 0 Å². The van der Waals surface area contributed by atoms with E-state index in [0.29, 0.717) is 31.7 Å². The molecule has 1 aliphatic rings. The molecule has 0 saturated carbocycles. The van der Waals surface area contributed by atoms with E-state index < -0.39 is 6.04 Å². The van der Waals surface area contributed by atoms with E-state index in [2.05, 4.69) is 15.5 Å². The molecule has 33 heavy (non-hydrogen) atoms. The van der Waals surface area contributed by atoms with Crippen molar-refractivity contribution >= 4 is 23.6 Å². The van der Waals surface area contributed by atoms with Crippen molar-refractivity contribution in [3.63, 3.8) is 0 Å². The number of hydrogen-bond donors (Lipinski definition) is 2. The van der Waals surface area contributed by atoms with Gasteiger partial charge in [0.1, 0.15) is 11.8 Å². The van der Waals surface area contributed by atoms with Crippen molar-refractivity contribution in [3.05, 3.63) is 65.7 Å². The molecule has 7 nitrogen and oxygen atoms in total. The molecule has 3 rings (SSSR count). The van der Waals surface area contributed by atoms with Crippen molar-refractivity contribution in [1.29, 1.82) is 0 Å². The fraction of sp³-hybridized carbons (Fsp3) is 0.440. The van der Waals surface area contributed by atoms with E-state index in [1.165, 1.54) is 0 Å². The van der Waals surface area contributed by atoms with Crippen LogP contribution in [-0.2, 0) is 9.53 Å². The molecule has 2 amide bonds. The molecular formula is C25H33N3O4S. The standard InChI is InChI=1S/C25H33N3O4S/c1-31-21-10-8-19(9-11-21)23(28-13-15-32-16-14-28)18-26-25(30)22(12-17-33-2)27-24(29)20-6-4-3-5-7-20/h3-11,22-23H,12-18H2,1-2H3,(H,26,30)(H,27,29)/t22-,23-/m1/s1. The first-order chi connectivity index (χ1) is 16.1. The number of carbonyl (C=O) groups is 2. The van der Waals surface area contributed by atoms with Gasteiger partial charge in [-0.25, -0.2) is 0 Å². The van der Waals surface area contributed by atoms with Crippen LogP contribution in [0.2, 0.25) is 0 Å². The van der Waals surface area contributed by atoms with Crippen LogP contribution in [0.4, 0.5) is 0 Å². The van der Waals surface area contributed by atoms with E-state index >= 15 is 0 Å². The molecule has 2 aromatic rings. The Morgan fingerprint density at radius 2 is 1.79 bits per heavy atom. The number of ether oxygens (including phenoxy) is 2. The number of carbonyl (C=O) groups excluding carboxylic acids is 2. The molecule has 0 bridgehead atoms. The molecule has 0 unspecified atom stereocenters. The van der Waals surface area contributed by atoms with Crippen LogP contribution in [0.25, 0.3) is 0 Å². The maximum Gasteiger partial charge on any atom is 0.251 e. The Balaban J connectivity index is 1.68. The third-order valence-electron chi connectivity index (χ3n) is 5.73. The highest BCUT2D eigenvalue weighted by molar-refractivity contribution is 7.98. The van der Waals surface area contributed by atoms with E-state index in [1.807, 2.05) is 48.7 Å². The quantitative estimate of drug-likeness (QED) is 0.525. The van der Waals surface area contributed by atoms with Crippen LogP contribution < -0.4 is 15.4 Å². The van der Waals surface area contributed by atoms with Gasteiger partial charge in [0, 0.05) is 25.2 Å². The number of thioether (sulfide) groups is 1. The van der Waals surface area contributed by atoms with Crippen LogP contribution in [-0.4, -0.2) is 74.7 Å². The van der Waals surface area contributed by atoms with Gasteiger partial charge in [0.2, 0.25) is 5.91 Å². The van der Waals surface area contributed by atoms with Crippen LogP contribution in [0.3, 0.4) is 0 Å². The second kappa shape index (κ2) is 13.2. The highest BCUT2D eigenvalue weighted by atomic mass is 32.2. The molecule has 2 N–H and O–H groups in total. The zero-order chi connectivity index (χ0) is 23.5. The predicted molar refractivity (Wildman–Crippen MR) is 132 cm³/mol. The molecule has 1 aliphatic heterocycles. The molecule has 178 valence electrons. The summed E-state index contributed by atoms with van der Waals surface area (Å²) in [6.45, 7) is 3.39. The van der Waals surface area contributed by atoms with Crippen LogP contribution in [0.15, 0.2) is 54.6 Å². The molecule has 0 spiro atoms. The molecule has 0 radical (unpaired) electrons. The summed E-state index contributed by atoms with van der Waals surface area (Å²) in [5.41, 5.74) is 1.65. The molecular weight excluding hydrogens is 438 g/mol. The monoisotopic (exact) mass is 471 g/mol. The zero-order valence-corrected chi connectivity index (χ0v) is 20.1. The van der Waals surface area contributed by atoms with Gasteiger partial charge in [-0.15, -0.1) is 0 Å². The van der Waals surface area contributed by atoms with Crippen LogP contribution in [0.5, 0.6) is 5.75 Å². The van der Waals surface area contributed by atoms with Gasteiger partial charge in [-0.1, -0.05) is 30.3 Å². The normalized spacial score (nSPS) is 15.9. The molecule has 1 saturated heterocycles. The maximum absolute atomic E-state index is 13.1. The van der Waals surface area contributed by atoms with Gasteiger partial charge >= 0.3 is 0 Å². The third-order valence-corrected chi connectivity index (χ3v) is 6.37. The lowest BCUT2D eigenvalue weighted by Crippen LogP contribution is -2.50. The van der Waals surface area contributed by atoms with Gasteiger partial charge in [0.05, 0.1) is 26.4 Å².